The standard InChI is InChI=1S/C11H22O3Si/c1-11(2,15(3,4)14)9-7-5-6-8-10(12)13/h5-6,14H,7-9H2,1-4H3,(H,12,13). The Kier molecular flexibility index (Phi) is 5.24. The SMILES string of the molecule is CC(C)(CCC=CCC(=O)O)[Si](C)(C)O. The summed E-state index contributed by atoms with van der Waals surface area (Å²) in [5.41, 5.74) is 0. The zero-order valence-electron chi connectivity index (χ0n) is 10.1. The van der Waals surface area contributed by atoms with Crippen LogP contribution in [0.15, 0.2) is 12.2 Å². The normalized spacial score (nSPS) is 13.4. The number of aliphatic carboxylic acids is 1. The van der Waals surface area contributed by atoms with E-state index in [9.17, 15) is 9.59 Å². The lowest BCUT2D eigenvalue weighted by molar-refractivity contribution is -0.136. The predicted molar refractivity (Wildman–Crippen MR) is 64.4 cm³/mol. The van der Waals surface area contributed by atoms with E-state index in [1.807, 2.05) is 19.2 Å². The van der Waals surface area contributed by atoms with Crippen LogP contribution in [0.25, 0.3) is 0 Å². The Hall–Kier alpha value is -0.613. The lowest BCUT2D eigenvalue weighted by Crippen LogP contribution is -2.38. The van der Waals surface area contributed by atoms with Crippen LogP contribution in [0.4, 0.5) is 0 Å². The molecule has 0 aliphatic rings. The molecule has 0 bridgehead atoms. The first-order valence-corrected chi connectivity index (χ1v) is 8.21. The summed E-state index contributed by atoms with van der Waals surface area (Å²) in [6, 6.07) is 0. The summed E-state index contributed by atoms with van der Waals surface area (Å²) in [6.45, 7) is 8.02. The molecule has 0 radical (unpaired) electrons. The van der Waals surface area contributed by atoms with Gasteiger partial charge in [0.15, 0.2) is 8.32 Å². The van der Waals surface area contributed by atoms with Crippen LogP contribution in [0.5, 0.6) is 0 Å². The van der Waals surface area contributed by atoms with E-state index in [0.717, 1.165) is 12.8 Å². The van der Waals surface area contributed by atoms with Crippen molar-refractivity contribution in [3.63, 3.8) is 0 Å². The molecule has 4 heteroatoms. The summed E-state index contributed by atoms with van der Waals surface area (Å²) in [6.07, 6.45) is 5.37. The summed E-state index contributed by atoms with van der Waals surface area (Å²) in [7, 11) is -2.12. The highest BCUT2D eigenvalue weighted by molar-refractivity contribution is 6.72. The summed E-state index contributed by atoms with van der Waals surface area (Å²) < 4.78 is 0. The van der Waals surface area contributed by atoms with E-state index in [0.29, 0.717) is 0 Å². The second kappa shape index (κ2) is 5.46. The third kappa shape index (κ3) is 5.74. The van der Waals surface area contributed by atoms with Crippen LogP contribution in [0, 0.1) is 0 Å². The Morgan fingerprint density at radius 1 is 1.33 bits per heavy atom. The van der Waals surface area contributed by atoms with E-state index < -0.39 is 14.3 Å². The number of rotatable bonds is 6. The van der Waals surface area contributed by atoms with Crippen molar-refractivity contribution in [3.8, 4) is 0 Å². The smallest absolute Gasteiger partial charge is 0.307 e. The highest BCUT2D eigenvalue weighted by atomic mass is 28.4. The summed E-state index contributed by atoms with van der Waals surface area (Å²) >= 11 is 0. The molecular formula is C11H22O3Si. The van der Waals surface area contributed by atoms with Gasteiger partial charge in [-0.05, 0) is 31.0 Å². The molecule has 0 saturated carbocycles. The van der Waals surface area contributed by atoms with Gasteiger partial charge in [-0.3, -0.25) is 4.79 Å². The van der Waals surface area contributed by atoms with Crippen molar-refractivity contribution in [2.45, 2.75) is 51.2 Å². The summed E-state index contributed by atoms with van der Waals surface area (Å²) in [4.78, 5) is 20.2. The lowest BCUT2D eigenvalue weighted by atomic mass is 10.1. The van der Waals surface area contributed by atoms with E-state index in [1.54, 1.807) is 6.08 Å². The van der Waals surface area contributed by atoms with Crippen molar-refractivity contribution >= 4 is 14.3 Å². The molecule has 0 fully saturated rings. The number of carboxylic acid groups (broad SMARTS) is 1. The fourth-order valence-electron chi connectivity index (χ4n) is 1.05. The van der Waals surface area contributed by atoms with Crippen molar-refractivity contribution in [2.24, 2.45) is 0 Å². The number of allylic oxidation sites excluding steroid dienone is 1. The van der Waals surface area contributed by atoms with Gasteiger partial charge in [0.05, 0.1) is 6.42 Å². The maximum atomic E-state index is 10.2. The quantitative estimate of drug-likeness (QED) is 0.545. The van der Waals surface area contributed by atoms with Gasteiger partial charge in [0, 0.05) is 0 Å². The molecule has 0 aromatic carbocycles. The predicted octanol–water partition coefficient (Wildman–Crippen LogP) is 2.78. The van der Waals surface area contributed by atoms with Gasteiger partial charge in [-0.1, -0.05) is 26.0 Å². The third-order valence-corrected chi connectivity index (χ3v) is 6.61. The van der Waals surface area contributed by atoms with Crippen molar-refractivity contribution in [1.82, 2.24) is 0 Å². The van der Waals surface area contributed by atoms with Crippen LogP contribution in [0.2, 0.25) is 18.1 Å². The Morgan fingerprint density at radius 2 is 1.87 bits per heavy atom. The number of hydrogen-bond donors (Lipinski definition) is 2. The average molecular weight is 230 g/mol. The molecule has 0 amide bonds. The maximum Gasteiger partial charge on any atom is 0.307 e. The first-order valence-electron chi connectivity index (χ1n) is 5.26. The Labute approximate surface area is 93.0 Å². The molecule has 15 heavy (non-hydrogen) atoms. The minimum atomic E-state index is -2.12. The molecule has 0 saturated heterocycles. The van der Waals surface area contributed by atoms with Gasteiger partial charge < -0.3 is 9.90 Å². The van der Waals surface area contributed by atoms with Gasteiger partial charge in [-0.15, -0.1) is 0 Å². The number of carboxylic acids is 1. The molecule has 3 nitrogen and oxygen atoms in total. The first kappa shape index (κ1) is 14.4. The minimum Gasteiger partial charge on any atom is -0.481 e. The van der Waals surface area contributed by atoms with Crippen molar-refractivity contribution in [2.75, 3.05) is 0 Å². The van der Waals surface area contributed by atoms with E-state index in [2.05, 4.69) is 13.8 Å². The summed E-state index contributed by atoms with van der Waals surface area (Å²) in [5.74, 6) is -0.803. The van der Waals surface area contributed by atoms with E-state index in [1.165, 1.54) is 0 Å². The Balaban J connectivity index is 3.96. The van der Waals surface area contributed by atoms with E-state index in [4.69, 9.17) is 5.11 Å². The molecule has 0 spiro atoms. The van der Waals surface area contributed by atoms with Gasteiger partial charge in [0.25, 0.3) is 0 Å². The fraction of sp³-hybridized carbons (Fsp3) is 0.727. The second-order valence-electron chi connectivity index (χ2n) is 5.05. The monoisotopic (exact) mass is 230 g/mol. The molecule has 0 aliphatic heterocycles. The van der Waals surface area contributed by atoms with Gasteiger partial charge in [-0.25, -0.2) is 0 Å². The number of carbonyl (C=O) groups is 1. The van der Waals surface area contributed by atoms with Crippen LogP contribution in [0.3, 0.4) is 0 Å². The zero-order chi connectivity index (χ0) is 12.1. The molecule has 0 aromatic heterocycles. The molecule has 0 aliphatic carbocycles. The first-order chi connectivity index (χ1) is 6.67. The van der Waals surface area contributed by atoms with Crippen LogP contribution in [0.1, 0.15) is 33.1 Å². The largest absolute Gasteiger partial charge is 0.481 e. The topological polar surface area (TPSA) is 57.5 Å². The van der Waals surface area contributed by atoms with Crippen molar-refractivity contribution in [1.29, 1.82) is 0 Å². The van der Waals surface area contributed by atoms with Crippen LogP contribution < -0.4 is 0 Å². The second-order valence-corrected chi connectivity index (χ2v) is 9.52. The molecule has 88 valence electrons. The maximum absolute atomic E-state index is 10.2. The fourth-order valence-corrected chi connectivity index (χ4v) is 1.81. The highest BCUT2D eigenvalue weighted by Gasteiger charge is 2.36. The van der Waals surface area contributed by atoms with Crippen LogP contribution >= 0.6 is 0 Å². The number of hydrogen-bond acceptors (Lipinski definition) is 2. The van der Waals surface area contributed by atoms with Gasteiger partial charge in [-0.2, -0.15) is 0 Å². The molecule has 0 unspecified atom stereocenters. The zero-order valence-corrected chi connectivity index (χ0v) is 11.1. The average Bonchev–Trinajstić information content (AvgIpc) is 2.00. The highest BCUT2D eigenvalue weighted by Crippen LogP contribution is 2.39. The molecular weight excluding hydrogens is 208 g/mol. The Bertz CT molecular complexity index is 239. The molecule has 0 aromatic rings. The molecule has 2 N–H and O–H groups in total. The third-order valence-electron chi connectivity index (χ3n) is 3.05. The Morgan fingerprint density at radius 3 is 2.27 bits per heavy atom. The van der Waals surface area contributed by atoms with E-state index >= 15 is 0 Å². The molecule has 0 rings (SSSR count). The molecule has 0 heterocycles. The van der Waals surface area contributed by atoms with Gasteiger partial charge in [0.1, 0.15) is 0 Å². The minimum absolute atomic E-state index is 0.0272. The van der Waals surface area contributed by atoms with Crippen molar-refractivity contribution < 1.29 is 14.7 Å². The lowest BCUT2D eigenvalue weighted by Gasteiger charge is -2.34. The summed E-state index contributed by atoms with van der Waals surface area (Å²) in [5, 5.41) is 8.39. The van der Waals surface area contributed by atoms with Gasteiger partial charge in [0.2, 0.25) is 0 Å². The van der Waals surface area contributed by atoms with Crippen LogP contribution in [-0.4, -0.2) is 24.2 Å². The van der Waals surface area contributed by atoms with Gasteiger partial charge >= 0.3 is 5.97 Å². The van der Waals surface area contributed by atoms with Crippen LogP contribution in [-0.2, 0) is 4.79 Å². The molecule has 0 atom stereocenters. The van der Waals surface area contributed by atoms with Crippen molar-refractivity contribution in [3.05, 3.63) is 12.2 Å². The van der Waals surface area contributed by atoms with E-state index in [-0.39, 0.29) is 11.5 Å².